The van der Waals surface area contributed by atoms with Gasteiger partial charge in [0.2, 0.25) is 0 Å². The molecule has 7 heteroatoms. The van der Waals surface area contributed by atoms with Crippen LogP contribution in [0, 0.1) is 12.8 Å². The van der Waals surface area contributed by atoms with E-state index in [1.807, 2.05) is 18.5 Å². The van der Waals surface area contributed by atoms with Gasteiger partial charge in [-0.2, -0.15) is 0 Å². The molecule has 2 heterocycles. The molecule has 2 aromatic rings. The van der Waals surface area contributed by atoms with Crippen molar-refractivity contribution < 1.29 is 0 Å². The van der Waals surface area contributed by atoms with Crippen LogP contribution in [0.2, 0.25) is 0 Å². The van der Waals surface area contributed by atoms with E-state index in [0.29, 0.717) is 6.54 Å². The smallest absolute Gasteiger partial charge is 0.191 e. The second kappa shape index (κ2) is 12.5. The summed E-state index contributed by atoms with van der Waals surface area (Å²) < 4.78 is 1.99. The lowest BCUT2D eigenvalue weighted by Crippen LogP contribution is -2.39. The van der Waals surface area contributed by atoms with Gasteiger partial charge in [0.1, 0.15) is 12.4 Å². The highest BCUT2D eigenvalue weighted by atomic mass is 32.1. The molecule has 0 saturated heterocycles. The number of rotatable bonds is 12. The Morgan fingerprint density at radius 1 is 1.14 bits per heavy atom. The van der Waals surface area contributed by atoms with Crippen LogP contribution in [-0.4, -0.2) is 33.8 Å². The van der Waals surface area contributed by atoms with E-state index in [2.05, 4.69) is 52.2 Å². The highest BCUT2D eigenvalue weighted by Gasteiger charge is 2.05. The molecule has 6 nitrogen and oxygen atoms in total. The highest BCUT2D eigenvalue weighted by molar-refractivity contribution is 7.09. The van der Waals surface area contributed by atoms with Crippen LogP contribution in [0.25, 0.3) is 0 Å². The lowest BCUT2D eigenvalue weighted by Gasteiger charge is -2.12. The van der Waals surface area contributed by atoms with Crippen molar-refractivity contribution in [3.63, 3.8) is 0 Å². The van der Waals surface area contributed by atoms with Crippen LogP contribution in [0.5, 0.6) is 0 Å². The summed E-state index contributed by atoms with van der Waals surface area (Å²) in [5, 5.41) is 17.4. The van der Waals surface area contributed by atoms with Crippen molar-refractivity contribution in [2.45, 2.75) is 65.8 Å². The van der Waals surface area contributed by atoms with Gasteiger partial charge in [-0.3, -0.25) is 0 Å². The minimum atomic E-state index is 0.528. The van der Waals surface area contributed by atoms with E-state index in [-0.39, 0.29) is 0 Å². The molecule has 2 rings (SSSR count). The lowest BCUT2D eigenvalue weighted by atomic mass is 10.0. The molecule has 0 aromatic carbocycles. The maximum absolute atomic E-state index is 4.72. The fraction of sp³-hybridized carbons (Fsp3) is 0.667. The van der Waals surface area contributed by atoms with Crippen LogP contribution < -0.4 is 10.6 Å². The molecule has 0 amide bonds. The van der Waals surface area contributed by atoms with Crippen LogP contribution in [0.1, 0.15) is 62.5 Å². The Morgan fingerprint density at radius 3 is 2.61 bits per heavy atom. The van der Waals surface area contributed by atoms with Gasteiger partial charge in [-0.05, 0) is 37.1 Å². The number of aromatic nitrogens is 3. The number of unbranched alkanes of at least 4 members (excludes halogenated alkanes) is 3. The first-order valence-electron chi connectivity index (χ1n) is 10.5. The van der Waals surface area contributed by atoms with Gasteiger partial charge >= 0.3 is 0 Å². The zero-order valence-electron chi connectivity index (χ0n) is 17.9. The number of aryl methyl sites for hydroxylation is 1. The molecule has 0 radical (unpaired) electrons. The molecular weight excluding hydrogens is 368 g/mol. The van der Waals surface area contributed by atoms with E-state index in [9.17, 15) is 0 Å². The fourth-order valence-corrected chi connectivity index (χ4v) is 3.62. The average Bonchev–Trinajstić information content (AvgIpc) is 3.29. The second-order valence-corrected chi connectivity index (χ2v) is 8.70. The predicted molar refractivity (Wildman–Crippen MR) is 119 cm³/mol. The molecule has 0 fully saturated rings. The molecule has 0 bridgehead atoms. The van der Waals surface area contributed by atoms with Crippen molar-refractivity contribution >= 4 is 17.3 Å². The zero-order chi connectivity index (χ0) is 20.2. The van der Waals surface area contributed by atoms with E-state index < -0.39 is 0 Å². The molecular formula is C21H36N6S. The normalized spacial score (nSPS) is 12.0. The van der Waals surface area contributed by atoms with E-state index in [4.69, 9.17) is 4.99 Å². The first kappa shape index (κ1) is 22.4. The summed E-state index contributed by atoms with van der Waals surface area (Å²) in [5.41, 5.74) is 0. The number of guanidine groups is 1. The summed E-state index contributed by atoms with van der Waals surface area (Å²) in [7, 11) is 1.98. The molecule has 0 spiro atoms. The summed E-state index contributed by atoms with van der Waals surface area (Å²) >= 11 is 1.80. The first-order chi connectivity index (χ1) is 13.6. The summed E-state index contributed by atoms with van der Waals surface area (Å²) in [5.74, 6) is 3.46. The first-order valence-corrected chi connectivity index (χ1v) is 11.3. The van der Waals surface area contributed by atoms with Crippen molar-refractivity contribution in [2.24, 2.45) is 18.0 Å². The lowest BCUT2D eigenvalue weighted by molar-refractivity contribution is 0.518. The van der Waals surface area contributed by atoms with E-state index in [1.165, 1.54) is 37.0 Å². The Labute approximate surface area is 173 Å². The third kappa shape index (κ3) is 8.42. The number of nitrogens with one attached hydrogen (secondary N) is 2. The van der Waals surface area contributed by atoms with Gasteiger partial charge < -0.3 is 15.2 Å². The Hall–Kier alpha value is -1.89. The van der Waals surface area contributed by atoms with Crippen molar-refractivity contribution in [1.82, 2.24) is 25.4 Å². The Kier molecular flexibility index (Phi) is 10.0. The van der Waals surface area contributed by atoms with Crippen LogP contribution in [0.15, 0.2) is 22.5 Å². The van der Waals surface area contributed by atoms with Crippen LogP contribution in [-0.2, 0) is 20.0 Å². The number of hydrogen-bond donors (Lipinski definition) is 2. The summed E-state index contributed by atoms with van der Waals surface area (Å²) in [6.07, 6.45) is 7.44. The van der Waals surface area contributed by atoms with Gasteiger partial charge in [-0.15, -0.1) is 21.5 Å². The Bertz CT molecular complexity index is 690. The monoisotopic (exact) mass is 404 g/mol. The maximum Gasteiger partial charge on any atom is 0.191 e. The topological polar surface area (TPSA) is 67.1 Å². The van der Waals surface area contributed by atoms with Gasteiger partial charge in [0.25, 0.3) is 0 Å². The quantitative estimate of drug-likeness (QED) is 0.318. The standard InChI is InChI=1S/C21H36N6S/c1-17(2)10-7-5-6-8-13-22-21(23-14-12-19-11-9-15-28-19)24-16-20-26-25-18(3)27(20)4/h9,11,15,17H,5-8,10,12-14,16H2,1-4H3,(H2,22,23,24). The van der Waals surface area contributed by atoms with Crippen LogP contribution in [0.3, 0.4) is 0 Å². The van der Waals surface area contributed by atoms with Crippen molar-refractivity contribution in [1.29, 1.82) is 0 Å². The fourth-order valence-electron chi connectivity index (χ4n) is 2.91. The molecule has 156 valence electrons. The molecule has 28 heavy (non-hydrogen) atoms. The SMILES string of the molecule is Cc1nnc(CN=C(NCCCCCCC(C)C)NCCc2cccs2)n1C. The number of aliphatic imine (C=N–C) groups is 1. The van der Waals surface area contributed by atoms with Gasteiger partial charge in [0.05, 0.1) is 0 Å². The Balaban J connectivity index is 1.77. The van der Waals surface area contributed by atoms with E-state index in [0.717, 1.165) is 43.0 Å². The van der Waals surface area contributed by atoms with E-state index >= 15 is 0 Å². The minimum absolute atomic E-state index is 0.528. The summed E-state index contributed by atoms with van der Waals surface area (Å²) in [6.45, 7) is 8.90. The van der Waals surface area contributed by atoms with Gasteiger partial charge in [0, 0.05) is 25.0 Å². The van der Waals surface area contributed by atoms with Gasteiger partial charge in [-0.1, -0.05) is 45.6 Å². The maximum atomic E-state index is 4.72. The van der Waals surface area contributed by atoms with Crippen LogP contribution >= 0.6 is 11.3 Å². The second-order valence-electron chi connectivity index (χ2n) is 7.67. The zero-order valence-corrected chi connectivity index (χ0v) is 18.7. The van der Waals surface area contributed by atoms with Crippen molar-refractivity contribution in [2.75, 3.05) is 13.1 Å². The summed E-state index contributed by atoms with van der Waals surface area (Å²) in [6, 6.07) is 4.28. The largest absolute Gasteiger partial charge is 0.356 e. The molecule has 0 aliphatic carbocycles. The number of thiophene rings is 1. The van der Waals surface area contributed by atoms with Crippen molar-refractivity contribution in [3.8, 4) is 0 Å². The number of hydrogen-bond acceptors (Lipinski definition) is 4. The highest BCUT2D eigenvalue weighted by Crippen LogP contribution is 2.09. The average molecular weight is 405 g/mol. The summed E-state index contributed by atoms with van der Waals surface area (Å²) in [4.78, 5) is 6.11. The van der Waals surface area contributed by atoms with Crippen LogP contribution in [0.4, 0.5) is 0 Å². The molecule has 0 unspecified atom stereocenters. The molecule has 0 atom stereocenters. The number of nitrogens with zero attached hydrogens (tertiary/aromatic N) is 4. The molecule has 0 aliphatic rings. The van der Waals surface area contributed by atoms with Gasteiger partial charge in [-0.25, -0.2) is 4.99 Å². The molecule has 0 saturated carbocycles. The third-order valence-electron chi connectivity index (χ3n) is 4.81. The molecule has 2 aromatic heterocycles. The molecule has 2 N–H and O–H groups in total. The van der Waals surface area contributed by atoms with Gasteiger partial charge in [0.15, 0.2) is 11.8 Å². The van der Waals surface area contributed by atoms with Crippen molar-refractivity contribution in [3.05, 3.63) is 34.0 Å². The Morgan fingerprint density at radius 2 is 1.93 bits per heavy atom. The third-order valence-corrected chi connectivity index (χ3v) is 5.74. The minimum Gasteiger partial charge on any atom is -0.356 e. The van der Waals surface area contributed by atoms with E-state index in [1.54, 1.807) is 11.3 Å². The predicted octanol–water partition coefficient (Wildman–Crippen LogP) is 4.07. The molecule has 0 aliphatic heterocycles.